The molecule has 0 saturated heterocycles. The second kappa shape index (κ2) is 12.7. The summed E-state index contributed by atoms with van der Waals surface area (Å²) in [5, 5.41) is 11.9. The fourth-order valence-corrected chi connectivity index (χ4v) is 4.71. The molecule has 3 rings (SSSR count). The molecule has 188 valence electrons. The van der Waals surface area contributed by atoms with E-state index in [2.05, 4.69) is 36.1 Å². The Labute approximate surface area is 212 Å². The average Bonchev–Trinajstić information content (AvgIpc) is 3.47. The van der Waals surface area contributed by atoms with Crippen molar-refractivity contribution in [3.8, 4) is 5.75 Å². The van der Waals surface area contributed by atoms with E-state index in [1.807, 2.05) is 24.3 Å². The molecule has 1 aromatic carbocycles. The third kappa shape index (κ3) is 9.00. The molecular formula is C24H30N4O5S2. The minimum absolute atomic E-state index is 0.0797. The number of amides is 2. The average molecular weight is 519 g/mol. The molecule has 3 N–H and O–H groups in total. The third-order valence-corrected chi connectivity index (χ3v) is 6.91. The maximum absolute atomic E-state index is 12.5. The molecule has 0 fully saturated rings. The molecule has 0 unspecified atom stereocenters. The van der Waals surface area contributed by atoms with Crippen LogP contribution in [0.5, 0.6) is 5.75 Å². The maximum Gasteiger partial charge on any atom is 0.243 e. The number of unbranched alkanes of at least 4 members (excludes halogenated alkanes) is 1. The van der Waals surface area contributed by atoms with Crippen molar-refractivity contribution < 1.29 is 24.0 Å². The number of nitrogens with zero attached hydrogens (tertiary/aromatic N) is 2. The lowest BCUT2D eigenvalue weighted by atomic mass is 9.94. The van der Waals surface area contributed by atoms with E-state index < -0.39 is 5.91 Å². The van der Waals surface area contributed by atoms with Crippen LogP contribution in [0.1, 0.15) is 57.2 Å². The van der Waals surface area contributed by atoms with E-state index in [-0.39, 0.29) is 24.2 Å². The number of nitrogens with one attached hydrogen (secondary N) is 2. The summed E-state index contributed by atoms with van der Waals surface area (Å²) in [5.41, 5.74) is 2.35. The number of ether oxygens (including phenoxy) is 1. The number of carbonyl (C=O) groups is 2. The molecule has 0 aliphatic heterocycles. The van der Waals surface area contributed by atoms with Gasteiger partial charge in [-0.3, -0.25) is 14.8 Å². The van der Waals surface area contributed by atoms with Crippen LogP contribution in [0.3, 0.4) is 0 Å². The van der Waals surface area contributed by atoms with Crippen molar-refractivity contribution in [3.05, 3.63) is 53.9 Å². The molecule has 0 radical (unpaired) electrons. The van der Waals surface area contributed by atoms with E-state index >= 15 is 0 Å². The largest absolute Gasteiger partial charge is 0.494 e. The van der Waals surface area contributed by atoms with Gasteiger partial charge in [0.1, 0.15) is 11.5 Å². The number of carbonyl (C=O) groups excluding carboxylic acids is 2. The van der Waals surface area contributed by atoms with Gasteiger partial charge in [0, 0.05) is 11.8 Å². The summed E-state index contributed by atoms with van der Waals surface area (Å²) in [6, 6.07) is 7.35. The number of rotatable bonds is 12. The van der Waals surface area contributed by atoms with Crippen molar-refractivity contribution in [3.63, 3.8) is 0 Å². The van der Waals surface area contributed by atoms with Crippen molar-refractivity contribution in [2.75, 3.05) is 11.9 Å². The predicted octanol–water partition coefficient (Wildman–Crippen LogP) is 4.96. The number of thioether (sulfide) groups is 1. The van der Waals surface area contributed by atoms with Gasteiger partial charge in [-0.1, -0.05) is 44.2 Å². The Balaban J connectivity index is 1.42. The molecule has 0 atom stereocenters. The van der Waals surface area contributed by atoms with Gasteiger partial charge in [0.05, 0.1) is 35.4 Å². The second-order valence-electron chi connectivity index (χ2n) is 8.85. The molecule has 0 spiro atoms. The first-order valence-electron chi connectivity index (χ1n) is 11.2. The van der Waals surface area contributed by atoms with Gasteiger partial charge in [-0.2, -0.15) is 0 Å². The van der Waals surface area contributed by atoms with E-state index in [1.54, 1.807) is 29.6 Å². The van der Waals surface area contributed by atoms with Crippen LogP contribution < -0.4 is 15.5 Å². The van der Waals surface area contributed by atoms with Crippen molar-refractivity contribution in [1.82, 2.24) is 15.4 Å². The Morgan fingerprint density at radius 1 is 1.17 bits per heavy atom. The van der Waals surface area contributed by atoms with Crippen LogP contribution in [0.4, 0.5) is 5.13 Å². The fourth-order valence-electron chi connectivity index (χ4n) is 2.97. The number of oxazole rings is 1. The Morgan fingerprint density at radius 2 is 2.00 bits per heavy atom. The van der Waals surface area contributed by atoms with E-state index in [0.717, 1.165) is 15.5 Å². The van der Waals surface area contributed by atoms with Crippen molar-refractivity contribution in [2.24, 2.45) is 0 Å². The van der Waals surface area contributed by atoms with Crippen LogP contribution >= 0.6 is 23.1 Å². The van der Waals surface area contributed by atoms with Crippen molar-refractivity contribution in [2.45, 2.75) is 61.8 Å². The topological polar surface area (TPSA) is 127 Å². The zero-order valence-corrected chi connectivity index (χ0v) is 21.6. The molecule has 3 aromatic rings. The van der Waals surface area contributed by atoms with Gasteiger partial charge < -0.3 is 14.5 Å². The number of hydrogen-bond donors (Lipinski definition) is 3. The molecule has 0 saturated carbocycles. The van der Waals surface area contributed by atoms with Crippen LogP contribution in [-0.2, 0) is 27.2 Å². The Morgan fingerprint density at radius 3 is 2.74 bits per heavy atom. The molecular weight excluding hydrogens is 488 g/mol. The Hall–Kier alpha value is -2.89. The van der Waals surface area contributed by atoms with Gasteiger partial charge in [-0.15, -0.1) is 11.8 Å². The summed E-state index contributed by atoms with van der Waals surface area (Å²) in [4.78, 5) is 32.1. The first-order valence-corrected chi connectivity index (χ1v) is 13.0. The predicted molar refractivity (Wildman–Crippen MR) is 135 cm³/mol. The normalized spacial score (nSPS) is 11.3. The Kier molecular flexibility index (Phi) is 9.70. The quantitative estimate of drug-likeness (QED) is 0.133. The molecule has 11 heteroatoms. The minimum atomic E-state index is -0.409. The standard InChI is InChI=1S/C24H30N4O5S2/c1-24(2,3)18-13-25-21(33-18)15-34-22-14-26-23(35-22)27-20(30)12-16-7-6-8-17(11-16)32-10-5-4-9-19(29)28-31/h6-8,11,13-14,31H,4-5,9-10,12,15H2,1-3H3,(H,28,29)(H,26,27,30). The minimum Gasteiger partial charge on any atom is -0.494 e. The highest BCUT2D eigenvalue weighted by molar-refractivity contribution is 8.00. The van der Waals surface area contributed by atoms with E-state index in [9.17, 15) is 9.59 Å². The lowest BCUT2D eigenvalue weighted by Crippen LogP contribution is -2.18. The highest BCUT2D eigenvalue weighted by Crippen LogP contribution is 2.32. The first-order chi connectivity index (χ1) is 16.7. The molecule has 9 nitrogen and oxygen atoms in total. The Bertz CT molecular complexity index is 1120. The fraction of sp³-hybridized carbons (Fsp3) is 0.417. The van der Waals surface area contributed by atoms with Crippen LogP contribution in [-0.4, -0.2) is 33.6 Å². The van der Waals surface area contributed by atoms with Gasteiger partial charge in [0.25, 0.3) is 0 Å². The van der Waals surface area contributed by atoms with Crippen LogP contribution in [0.15, 0.2) is 45.3 Å². The molecule has 0 bridgehead atoms. The van der Waals surface area contributed by atoms with Crippen molar-refractivity contribution in [1.29, 1.82) is 0 Å². The van der Waals surface area contributed by atoms with E-state index in [4.69, 9.17) is 14.4 Å². The molecule has 35 heavy (non-hydrogen) atoms. The smallest absolute Gasteiger partial charge is 0.243 e. The van der Waals surface area contributed by atoms with Crippen molar-refractivity contribution >= 4 is 40.0 Å². The van der Waals surface area contributed by atoms with Gasteiger partial charge in [-0.05, 0) is 30.5 Å². The van der Waals surface area contributed by atoms with Gasteiger partial charge in [0.15, 0.2) is 5.13 Å². The van der Waals surface area contributed by atoms with Gasteiger partial charge in [-0.25, -0.2) is 15.4 Å². The number of hydrogen-bond acceptors (Lipinski definition) is 9. The lowest BCUT2D eigenvalue weighted by Gasteiger charge is -2.12. The lowest BCUT2D eigenvalue weighted by molar-refractivity contribution is -0.129. The summed E-state index contributed by atoms with van der Waals surface area (Å²) in [6.45, 7) is 6.68. The summed E-state index contributed by atoms with van der Waals surface area (Å²) in [6.07, 6.45) is 5.23. The zero-order valence-electron chi connectivity index (χ0n) is 20.0. The van der Waals surface area contributed by atoms with Crippen LogP contribution in [0.25, 0.3) is 0 Å². The third-order valence-electron chi connectivity index (χ3n) is 4.82. The molecule has 0 aliphatic carbocycles. The van der Waals surface area contributed by atoms with Crippen LogP contribution in [0.2, 0.25) is 0 Å². The maximum atomic E-state index is 12.5. The number of hydroxylamine groups is 1. The first kappa shape index (κ1) is 26.7. The SMILES string of the molecule is CC(C)(C)c1cnc(CSc2cnc(NC(=O)Cc3cccc(OCCCCC(=O)NO)c3)s2)o1. The molecule has 0 aliphatic rings. The monoisotopic (exact) mass is 518 g/mol. The summed E-state index contributed by atoms with van der Waals surface area (Å²) >= 11 is 2.97. The van der Waals surface area contributed by atoms with E-state index in [0.29, 0.717) is 42.0 Å². The van der Waals surface area contributed by atoms with Gasteiger partial charge >= 0.3 is 0 Å². The number of anilines is 1. The summed E-state index contributed by atoms with van der Waals surface area (Å²) < 4.78 is 12.5. The highest BCUT2D eigenvalue weighted by atomic mass is 32.2. The number of aromatic nitrogens is 2. The number of benzene rings is 1. The summed E-state index contributed by atoms with van der Waals surface area (Å²) in [5.74, 6) is 2.20. The van der Waals surface area contributed by atoms with E-state index in [1.165, 1.54) is 11.3 Å². The van der Waals surface area contributed by atoms with Crippen LogP contribution in [0, 0.1) is 0 Å². The zero-order chi connectivity index (χ0) is 25.3. The summed E-state index contributed by atoms with van der Waals surface area (Å²) in [7, 11) is 0. The van der Waals surface area contributed by atoms with Gasteiger partial charge in [0.2, 0.25) is 17.7 Å². The highest BCUT2D eigenvalue weighted by Gasteiger charge is 2.19. The molecule has 2 amide bonds. The molecule has 2 aromatic heterocycles. The second-order valence-corrected chi connectivity index (χ2v) is 11.2. The molecule has 2 heterocycles. The number of thiazole rings is 1.